The lowest BCUT2D eigenvalue weighted by Gasteiger charge is -2.10. The average Bonchev–Trinajstić information content (AvgIpc) is 3.47. The predicted octanol–water partition coefficient (Wildman–Crippen LogP) is 3.92. The number of hydrogen-bond acceptors (Lipinski definition) is 6. The number of H-pyrrole nitrogens is 1. The standard InChI is InChI=1S/C21H19N7OS/c1-12-15(13(2)28-21(24-12)22-11-23-28)6-8-19(29)25-14-5-7-16-17(10-14)27-20(26-16)18-4-3-9-30-18/h3-5,7,9-11H,6,8H2,1-2H3,(H,25,29)(H,26,27). The Morgan fingerprint density at radius 3 is 2.97 bits per heavy atom. The minimum atomic E-state index is -0.0511. The van der Waals surface area contributed by atoms with E-state index in [-0.39, 0.29) is 5.91 Å². The second-order valence-electron chi connectivity index (χ2n) is 7.08. The van der Waals surface area contributed by atoms with E-state index in [0.29, 0.717) is 18.6 Å². The molecule has 1 aromatic carbocycles. The van der Waals surface area contributed by atoms with Crippen LogP contribution in [0.3, 0.4) is 0 Å². The van der Waals surface area contributed by atoms with Gasteiger partial charge < -0.3 is 10.3 Å². The van der Waals surface area contributed by atoms with Gasteiger partial charge in [-0.25, -0.2) is 14.5 Å². The van der Waals surface area contributed by atoms with Crippen LogP contribution in [0.15, 0.2) is 42.0 Å². The number of aromatic nitrogens is 6. The van der Waals surface area contributed by atoms with Crippen molar-refractivity contribution in [1.29, 1.82) is 0 Å². The maximum atomic E-state index is 12.6. The summed E-state index contributed by atoms with van der Waals surface area (Å²) in [5.74, 6) is 1.36. The molecule has 0 fully saturated rings. The number of aryl methyl sites for hydroxylation is 2. The van der Waals surface area contributed by atoms with Crippen LogP contribution in [0.1, 0.15) is 23.4 Å². The fourth-order valence-corrected chi connectivity index (χ4v) is 4.27. The number of nitrogens with zero attached hydrogens (tertiary/aromatic N) is 5. The summed E-state index contributed by atoms with van der Waals surface area (Å²) in [5, 5.41) is 9.20. The number of anilines is 1. The minimum absolute atomic E-state index is 0.0511. The molecule has 0 saturated heterocycles. The summed E-state index contributed by atoms with van der Waals surface area (Å²) in [5.41, 5.74) is 5.36. The third-order valence-electron chi connectivity index (χ3n) is 5.11. The summed E-state index contributed by atoms with van der Waals surface area (Å²) in [7, 11) is 0. The van der Waals surface area contributed by atoms with Gasteiger partial charge in [0, 0.05) is 23.5 Å². The second kappa shape index (κ2) is 7.34. The molecular weight excluding hydrogens is 398 g/mol. The lowest BCUT2D eigenvalue weighted by molar-refractivity contribution is -0.116. The molecule has 0 saturated carbocycles. The van der Waals surface area contributed by atoms with Gasteiger partial charge in [-0.2, -0.15) is 10.1 Å². The van der Waals surface area contributed by atoms with Crippen LogP contribution in [0.4, 0.5) is 5.69 Å². The van der Waals surface area contributed by atoms with E-state index in [1.54, 1.807) is 15.9 Å². The van der Waals surface area contributed by atoms with Crippen molar-refractivity contribution in [2.75, 3.05) is 5.32 Å². The Morgan fingerprint density at radius 2 is 2.13 bits per heavy atom. The van der Waals surface area contributed by atoms with Crippen molar-refractivity contribution in [2.45, 2.75) is 26.7 Å². The number of benzene rings is 1. The van der Waals surface area contributed by atoms with E-state index < -0.39 is 0 Å². The molecule has 1 amide bonds. The van der Waals surface area contributed by atoms with Gasteiger partial charge in [-0.1, -0.05) is 6.07 Å². The molecule has 0 atom stereocenters. The maximum absolute atomic E-state index is 12.6. The van der Waals surface area contributed by atoms with Gasteiger partial charge in [0.05, 0.1) is 15.9 Å². The van der Waals surface area contributed by atoms with Crippen molar-refractivity contribution >= 4 is 39.7 Å². The largest absolute Gasteiger partial charge is 0.337 e. The molecular formula is C21H19N7OS. The first-order chi connectivity index (χ1) is 14.6. The number of imidazole rings is 1. The van der Waals surface area contributed by atoms with Gasteiger partial charge in [-0.3, -0.25) is 4.79 Å². The molecule has 0 aliphatic heterocycles. The van der Waals surface area contributed by atoms with Crippen molar-refractivity contribution < 1.29 is 4.79 Å². The van der Waals surface area contributed by atoms with Crippen LogP contribution in [0.5, 0.6) is 0 Å². The highest BCUT2D eigenvalue weighted by atomic mass is 32.1. The summed E-state index contributed by atoms with van der Waals surface area (Å²) < 4.78 is 1.71. The maximum Gasteiger partial charge on any atom is 0.252 e. The van der Waals surface area contributed by atoms with Gasteiger partial charge in [0.1, 0.15) is 12.2 Å². The number of thiophene rings is 1. The summed E-state index contributed by atoms with van der Waals surface area (Å²) in [6, 6.07) is 9.73. The molecule has 0 aliphatic rings. The van der Waals surface area contributed by atoms with E-state index in [1.165, 1.54) is 6.33 Å². The first-order valence-electron chi connectivity index (χ1n) is 9.58. The van der Waals surface area contributed by atoms with Crippen LogP contribution in [-0.2, 0) is 11.2 Å². The molecule has 0 radical (unpaired) electrons. The first kappa shape index (κ1) is 18.4. The van der Waals surface area contributed by atoms with Gasteiger partial charge >= 0.3 is 0 Å². The normalized spacial score (nSPS) is 11.4. The van der Waals surface area contributed by atoms with Crippen molar-refractivity contribution in [3.05, 3.63) is 59.0 Å². The van der Waals surface area contributed by atoms with Gasteiger partial charge in [0.15, 0.2) is 0 Å². The van der Waals surface area contributed by atoms with E-state index in [1.807, 2.05) is 49.6 Å². The van der Waals surface area contributed by atoms with Gasteiger partial charge in [0.25, 0.3) is 5.78 Å². The Morgan fingerprint density at radius 1 is 1.23 bits per heavy atom. The van der Waals surface area contributed by atoms with E-state index in [0.717, 1.165) is 44.4 Å². The monoisotopic (exact) mass is 417 g/mol. The van der Waals surface area contributed by atoms with Crippen LogP contribution in [0.25, 0.3) is 27.5 Å². The van der Waals surface area contributed by atoms with E-state index in [9.17, 15) is 4.79 Å². The lowest BCUT2D eigenvalue weighted by atomic mass is 10.1. The molecule has 4 aromatic heterocycles. The number of nitrogens with one attached hydrogen (secondary N) is 2. The topological polar surface area (TPSA) is 101 Å². The summed E-state index contributed by atoms with van der Waals surface area (Å²) in [6.45, 7) is 3.91. The Kier molecular flexibility index (Phi) is 4.51. The highest BCUT2D eigenvalue weighted by Crippen LogP contribution is 2.26. The number of amides is 1. The summed E-state index contributed by atoms with van der Waals surface area (Å²) >= 11 is 1.64. The van der Waals surface area contributed by atoms with Gasteiger partial charge in [-0.05, 0) is 55.5 Å². The average molecular weight is 417 g/mol. The molecule has 5 aromatic rings. The molecule has 0 aliphatic carbocycles. The molecule has 8 nitrogen and oxygen atoms in total. The van der Waals surface area contributed by atoms with Crippen molar-refractivity contribution in [3.63, 3.8) is 0 Å². The highest BCUT2D eigenvalue weighted by Gasteiger charge is 2.13. The number of carbonyl (C=O) groups is 1. The zero-order chi connectivity index (χ0) is 20.7. The molecule has 9 heteroatoms. The van der Waals surface area contributed by atoms with Crippen LogP contribution in [-0.4, -0.2) is 35.5 Å². The zero-order valence-corrected chi connectivity index (χ0v) is 17.3. The lowest BCUT2D eigenvalue weighted by Crippen LogP contribution is -2.14. The highest BCUT2D eigenvalue weighted by molar-refractivity contribution is 7.13. The molecule has 5 rings (SSSR count). The Balaban J connectivity index is 1.30. The molecule has 150 valence electrons. The van der Waals surface area contributed by atoms with Crippen molar-refractivity contribution in [2.24, 2.45) is 0 Å². The predicted molar refractivity (Wildman–Crippen MR) is 117 cm³/mol. The van der Waals surface area contributed by atoms with Crippen molar-refractivity contribution in [1.82, 2.24) is 29.5 Å². The molecule has 30 heavy (non-hydrogen) atoms. The number of hydrogen-bond donors (Lipinski definition) is 2. The second-order valence-corrected chi connectivity index (χ2v) is 8.02. The van der Waals surface area contributed by atoms with Crippen LogP contribution in [0.2, 0.25) is 0 Å². The third-order valence-corrected chi connectivity index (χ3v) is 5.99. The zero-order valence-electron chi connectivity index (χ0n) is 16.5. The van der Waals surface area contributed by atoms with Crippen LogP contribution in [0, 0.1) is 13.8 Å². The van der Waals surface area contributed by atoms with E-state index >= 15 is 0 Å². The van der Waals surface area contributed by atoms with Crippen LogP contribution >= 0.6 is 11.3 Å². The van der Waals surface area contributed by atoms with Crippen molar-refractivity contribution in [3.8, 4) is 10.7 Å². The van der Waals surface area contributed by atoms with Gasteiger partial charge in [-0.15, -0.1) is 11.3 Å². The third kappa shape index (κ3) is 3.33. The Hall–Kier alpha value is -3.59. The Bertz CT molecular complexity index is 1370. The Labute approximate surface area is 176 Å². The van der Waals surface area contributed by atoms with Crippen LogP contribution < -0.4 is 5.32 Å². The fourth-order valence-electron chi connectivity index (χ4n) is 3.60. The number of aromatic amines is 1. The van der Waals surface area contributed by atoms with E-state index in [2.05, 4.69) is 30.4 Å². The summed E-state index contributed by atoms with van der Waals surface area (Å²) in [6.07, 6.45) is 2.42. The molecule has 0 unspecified atom stereocenters. The smallest absolute Gasteiger partial charge is 0.252 e. The molecule has 0 bridgehead atoms. The number of rotatable bonds is 5. The minimum Gasteiger partial charge on any atom is -0.337 e. The first-order valence-corrected chi connectivity index (χ1v) is 10.5. The number of carbonyl (C=O) groups excluding carboxylic acids is 1. The molecule has 4 heterocycles. The molecule has 2 N–H and O–H groups in total. The SMILES string of the molecule is Cc1nc2ncnn2c(C)c1CCC(=O)Nc1ccc2nc(-c3cccs3)[nH]c2c1. The quantitative estimate of drug-likeness (QED) is 0.451. The van der Waals surface area contributed by atoms with Gasteiger partial charge in [0.2, 0.25) is 5.91 Å². The molecule has 0 spiro atoms. The van der Waals surface area contributed by atoms with E-state index in [4.69, 9.17) is 0 Å². The summed E-state index contributed by atoms with van der Waals surface area (Å²) in [4.78, 5) is 30.2. The fraction of sp³-hybridized carbons (Fsp3) is 0.190. The number of fused-ring (bicyclic) bond motifs is 2.